The Balaban J connectivity index is 1.56. The number of fused-ring (bicyclic) bond motifs is 2. The van der Waals surface area contributed by atoms with Gasteiger partial charge in [-0.3, -0.25) is 0 Å². The van der Waals surface area contributed by atoms with Crippen LogP contribution < -0.4 is 9.47 Å². The lowest BCUT2D eigenvalue weighted by Gasteiger charge is -2.14. The van der Waals surface area contributed by atoms with E-state index in [1.54, 1.807) is 12.4 Å². The lowest BCUT2D eigenvalue weighted by Crippen LogP contribution is -2.03. The van der Waals surface area contributed by atoms with Gasteiger partial charge in [0, 0.05) is 0 Å². The summed E-state index contributed by atoms with van der Waals surface area (Å²) in [7, 11) is 0. The second kappa shape index (κ2) is 5.33. The first kappa shape index (κ1) is 12.6. The Kier molecular flexibility index (Phi) is 3.05. The van der Waals surface area contributed by atoms with E-state index in [2.05, 4.69) is 9.98 Å². The van der Waals surface area contributed by atoms with E-state index in [0.29, 0.717) is 11.5 Å². The molecule has 0 saturated carbocycles. The van der Waals surface area contributed by atoms with Crippen molar-refractivity contribution in [2.75, 3.05) is 0 Å². The van der Waals surface area contributed by atoms with Gasteiger partial charge in [-0.15, -0.1) is 0 Å². The van der Waals surface area contributed by atoms with Gasteiger partial charge in [-0.25, -0.2) is 9.98 Å². The van der Waals surface area contributed by atoms with Gasteiger partial charge in [0.15, 0.2) is 11.5 Å². The lowest BCUT2D eigenvalue weighted by molar-refractivity contribution is 0.447. The SMILES string of the molecule is C1=Nc2ccccc2OC1=CC=C1C=Nc2ccccc2O1. The molecule has 2 aromatic carbocycles. The van der Waals surface area contributed by atoms with Crippen LogP contribution in [0.3, 0.4) is 0 Å². The summed E-state index contributed by atoms with van der Waals surface area (Å²) in [6, 6.07) is 15.3. The van der Waals surface area contributed by atoms with E-state index >= 15 is 0 Å². The smallest absolute Gasteiger partial charge is 0.153 e. The van der Waals surface area contributed by atoms with Gasteiger partial charge in [0.25, 0.3) is 0 Å². The first-order valence-electron chi connectivity index (χ1n) is 6.92. The Morgan fingerprint density at radius 3 is 1.59 bits per heavy atom. The number of nitrogens with zero attached hydrogens (tertiary/aromatic N) is 2. The summed E-state index contributed by atoms with van der Waals surface area (Å²) in [6.45, 7) is 0. The highest BCUT2D eigenvalue weighted by molar-refractivity contribution is 5.86. The van der Waals surface area contributed by atoms with E-state index in [0.717, 1.165) is 22.9 Å². The lowest BCUT2D eigenvalue weighted by atomic mass is 10.2. The normalized spacial score (nSPS) is 18.5. The molecule has 2 aromatic rings. The fourth-order valence-corrected chi connectivity index (χ4v) is 2.19. The van der Waals surface area contributed by atoms with Crippen LogP contribution in [0.2, 0.25) is 0 Å². The molecule has 0 N–H and O–H groups in total. The van der Waals surface area contributed by atoms with Gasteiger partial charge in [-0.2, -0.15) is 0 Å². The molecule has 0 aliphatic carbocycles. The number of ether oxygens (including phenoxy) is 2. The number of allylic oxidation sites excluding steroid dienone is 4. The van der Waals surface area contributed by atoms with E-state index < -0.39 is 0 Å². The molecular formula is C18H12N2O2. The van der Waals surface area contributed by atoms with Crippen LogP contribution in [0.15, 0.2) is 82.2 Å². The molecule has 2 aliphatic heterocycles. The molecule has 0 amide bonds. The molecule has 0 spiro atoms. The van der Waals surface area contributed by atoms with Crippen molar-refractivity contribution >= 4 is 23.8 Å². The third-order valence-corrected chi connectivity index (χ3v) is 3.26. The second-order valence-corrected chi connectivity index (χ2v) is 4.79. The van der Waals surface area contributed by atoms with Crippen molar-refractivity contribution in [2.24, 2.45) is 9.98 Å². The fourth-order valence-electron chi connectivity index (χ4n) is 2.19. The Morgan fingerprint density at radius 1 is 0.636 bits per heavy atom. The summed E-state index contributed by atoms with van der Waals surface area (Å²) in [5, 5.41) is 0. The van der Waals surface area contributed by atoms with Crippen molar-refractivity contribution in [1.29, 1.82) is 0 Å². The minimum atomic E-state index is 0.655. The zero-order chi connectivity index (χ0) is 14.8. The molecule has 4 nitrogen and oxygen atoms in total. The molecule has 0 radical (unpaired) electrons. The number of para-hydroxylation sites is 4. The van der Waals surface area contributed by atoms with Crippen molar-refractivity contribution in [3.8, 4) is 11.5 Å². The summed E-state index contributed by atoms with van der Waals surface area (Å²) in [5.74, 6) is 2.81. The van der Waals surface area contributed by atoms with E-state index in [9.17, 15) is 0 Å². The molecule has 4 rings (SSSR count). The van der Waals surface area contributed by atoms with Crippen molar-refractivity contribution in [2.45, 2.75) is 0 Å². The molecule has 2 heterocycles. The van der Waals surface area contributed by atoms with E-state index in [1.807, 2.05) is 60.7 Å². The Hall–Kier alpha value is -3.14. The number of hydrogen-bond donors (Lipinski definition) is 0. The average Bonchev–Trinajstić information content (AvgIpc) is 2.59. The number of hydrogen-bond acceptors (Lipinski definition) is 4. The molecule has 0 fully saturated rings. The van der Waals surface area contributed by atoms with E-state index in [-0.39, 0.29) is 0 Å². The van der Waals surface area contributed by atoms with Gasteiger partial charge < -0.3 is 9.47 Å². The highest BCUT2D eigenvalue weighted by atomic mass is 16.5. The van der Waals surface area contributed by atoms with Crippen LogP contribution in [0.1, 0.15) is 0 Å². The first-order valence-corrected chi connectivity index (χ1v) is 6.92. The highest BCUT2D eigenvalue weighted by Gasteiger charge is 2.11. The maximum atomic E-state index is 5.76. The van der Waals surface area contributed by atoms with Gasteiger partial charge in [0.05, 0.1) is 12.4 Å². The zero-order valence-corrected chi connectivity index (χ0v) is 11.6. The summed E-state index contributed by atoms with van der Waals surface area (Å²) in [6.07, 6.45) is 7.00. The van der Waals surface area contributed by atoms with Gasteiger partial charge >= 0.3 is 0 Å². The van der Waals surface area contributed by atoms with E-state index in [4.69, 9.17) is 9.47 Å². The quantitative estimate of drug-likeness (QED) is 0.783. The maximum Gasteiger partial charge on any atom is 0.153 e. The molecule has 0 unspecified atom stereocenters. The fraction of sp³-hybridized carbons (Fsp3) is 0. The van der Waals surface area contributed by atoms with Crippen molar-refractivity contribution in [3.63, 3.8) is 0 Å². The van der Waals surface area contributed by atoms with Crippen LogP contribution in [0.25, 0.3) is 0 Å². The Labute approximate surface area is 127 Å². The van der Waals surface area contributed by atoms with Crippen molar-refractivity contribution in [1.82, 2.24) is 0 Å². The van der Waals surface area contributed by atoms with Crippen molar-refractivity contribution < 1.29 is 9.47 Å². The number of benzene rings is 2. The molecule has 4 heteroatoms. The second-order valence-electron chi connectivity index (χ2n) is 4.79. The van der Waals surface area contributed by atoms with Crippen LogP contribution in [-0.4, -0.2) is 12.4 Å². The van der Waals surface area contributed by atoms with Crippen LogP contribution in [-0.2, 0) is 0 Å². The van der Waals surface area contributed by atoms with Gasteiger partial charge in [-0.05, 0) is 36.4 Å². The Morgan fingerprint density at radius 2 is 1.09 bits per heavy atom. The summed E-state index contributed by atoms with van der Waals surface area (Å²) in [4.78, 5) is 8.70. The molecule has 22 heavy (non-hydrogen) atoms. The molecule has 0 aromatic heterocycles. The van der Waals surface area contributed by atoms with Gasteiger partial charge in [0.2, 0.25) is 0 Å². The summed E-state index contributed by atoms with van der Waals surface area (Å²) >= 11 is 0. The predicted molar refractivity (Wildman–Crippen MR) is 86.6 cm³/mol. The van der Waals surface area contributed by atoms with Crippen LogP contribution in [0.4, 0.5) is 11.4 Å². The monoisotopic (exact) mass is 288 g/mol. The minimum absolute atomic E-state index is 0.655. The zero-order valence-electron chi connectivity index (χ0n) is 11.6. The predicted octanol–water partition coefficient (Wildman–Crippen LogP) is 4.34. The summed E-state index contributed by atoms with van der Waals surface area (Å²) < 4.78 is 11.5. The largest absolute Gasteiger partial charge is 0.453 e. The molecule has 0 bridgehead atoms. The highest BCUT2D eigenvalue weighted by Crippen LogP contribution is 2.32. The number of rotatable bonds is 1. The molecule has 0 saturated heterocycles. The minimum Gasteiger partial charge on any atom is -0.453 e. The van der Waals surface area contributed by atoms with Gasteiger partial charge in [-0.1, -0.05) is 24.3 Å². The maximum absolute atomic E-state index is 5.76. The molecule has 106 valence electrons. The average molecular weight is 288 g/mol. The standard InChI is InChI=1S/C18H12N2O2/c1-3-7-17-15(5-1)19-11-13(21-17)9-10-14-12-20-16-6-2-4-8-18(16)22-14/h1-12H. The van der Waals surface area contributed by atoms with Crippen LogP contribution in [0.5, 0.6) is 11.5 Å². The van der Waals surface area contributed by atoms with Crippen LogP contribution in [0, 0.1) is 0 Å². The van der Waals surface area contributed by atoms with Crippen LogP contribution >= 0.6 is 0 Å². The third kappa shape index (κ3) is 2.42. The molecular weight excluding hydrogens is 276 g/mol. The van der Waals surface area contributed by atoms with Crippen molar-refractivity contribution in [3.05, 3.63) is 72.2 Å². The third-order valence-electron chi connectivity index (χ3n) is 3.26. The topological polar surface area (TPSA) is 43.2 Å². The van der Waals surface area contributed by atoms with Gasteiger partial charge in [0.1, 0.15) is 22.9 Å². The van der Waals surface area contributed by atoms with E-state index in [1.165, 1.54) is 0 Å². The Bertz CT molecular complexity index is 776. The summed E-state index contributed by atoms with van der Waals surface area (Å²) in [5.41, 5.74) is 1.66. The molecule has 2 aliphatic rings. The molecule has 0 atom stereocenters. The first-order chi connectivity index (χ1) is 10.9. The number of aliphatic imine (C=N–C) groups is 2.